The Kier molecular flexibility index (Phi) is 6.83. The normalized spacial score (nSPS) is 20.9. The van der Waals surface area contributed by atoms with Gasteiger partial charge in [0.25, 0.3) is 5.91 Å². The Morgan fingerprint density at radius 3 is 2.26 bits per heavy atom. The number of carbonyl (C=O) groups excluding carboxylic acids is 1. The van der Waals surface area contributed by atoms with Gasteiger partial charge in [-0.25, -0.2) is 12.8 Å². The van der Waals surface area contributed by atoms with Crippen LogP contribution in [-0.2, 0) is 14.8 Å². The molecule has 1 aromatic rings. The summed E-state index contributed by atoms with van der Waals surface area (Å²) in [6.45, 7) is 3.98. The lowest BCUT2D eigenvalue weighted by Gasteiger charge is -2.32. The maximum absolute atomic E-state index is 13.4. The first-order valence-electron chi connectivity index (χ1n) is 9.84. The summed E-state index contributed by atoms with van der Waals surface area (Å²) < 4.78 is 40.1. The molecule has 0 radical (unpaired) electrons. The second-order valence-electron chi connectivity index (χ2n) is 7.44. The van der Waals surface area contributed by atoms with E-state index in [9.17, 15) is 17.6 Å². The predicted molar refractivity (Wildman–Crippen MR) is 100 cm³/mol. The van der Waals surface area contributed by atoms with Gasteiger partial charge in [0, 0.05) is 13.1 Å². The number of carbonyl (C=O) groups is 1. The first-order valence-corrected chi connectivity index (χ1v) is 11.3. The molecule has 0 atom stereocenters. The lowest BCUT2D eigenvalue weighted by atomic mass is 10.1. The Morgan fingerprint density at radius 1 is 1.00 bits per heavy atom. The number of hydrogen-bond donors (Lipinski definition) is 1. The van der Waals surface area contributed by atoms with Crippen molar-refractivity contribution in [3.8, 4) is 0 Å². The molecule has 8 heteroatoms. The maximum atomic E-state index is 13.4. The molecule has 0 spiro atoms. The Bertz CT molecular complexity index is 740. The van der Waals surface area contributed by atoms with Crippen LogP contribution in [0.2, 0.25) is 0 Å². The average Bonchev–Trinajstić information content (AvgIpc) is 2.62. The standard InChI is InChI=1S/C19H28FN3O3S/c20-17-7-6-8-18(15-17)27(25,26)23-13-11-21(12-14-23)16-19(24)22-9-4-2-1-3-5-10-22/h6-8,15H,1-5,9-14,16H2/p+1. The number of amides is 1. The number of sulfonamides is 1. The molecule has 2 aliphatic rings. The van der Waals surface area contributed by atoms with E-state index in [1.165, 1.54) is 41.8 Å². The van der Waals surface area contributed by atoms with Gasteiger partial charge in [0.1, 0.15) is 5.82 Å². The Morgan fingerprint density at radius 2 is 1.63 bits per heavy atom. The van der Waals surface area contributed by atoms with E-state index in [4.69, 9.17) is 0 Å². The van der Waals surface area contributed by atoms with Crippen molar-refractivity contribution in [2.75, 3.05) is 45.8 Å². The number of rotatable bonds is 4. The molecule has 2 heterocycles. The van der Waals surface area contributed by atoms with Gasteiger partial charge in [-0.05, 0) is 31.0 Å². The summed E-state index contributed by atoms with van der Waals surface area (Å²) in [6, 6.07) is 5.12. The first kappa shape index (κ1) is 20.2. The van der Waals surface area contributed by atoms with E-state index in [0.29, 0.717) is 32.7 Å². The average molecular weight is 399 g/mol. The molecule has 6 nitrogen and oxygen atoms in total. The third-order valence-electron chi connectivity index (χ3n) is 5.47. The Balaban J connectivity index is 1.53. The van der Waals surface area contributed by atoms with Crippen LogP contribution in [0.4, 0.5) is 4.39 Å². The van der Waals surface area contributed by atoms with Crippen LogP contribution in [-0.4, -0.2) is 69.3 Å². The number of likely N-dealkylation sites (tertiary alicyclic amines) is 1. The van der Waals surface area contributed by atoms with E-state index in [1.807, 2.05) is 4.90 Å². The highest BCUT2D eigenvalue weighted by atomic mass is 32.2. The van der Waals surface area contributed by atoms with Gasteiger partial charge >= 0.3 is 0 Å². The molecular weight excluding hydrogens is 369 g/mol. The Labute approximate surface area is 161 Å². The topological polar surface area (TPSA) is 62.1 Å². The molecule has 1 N–H and O–H groups in total. The van der Waals surface area contributed by atoms with Crippen molar-refractivity contribution in [1.82, 2.24) is 9.21 Å². The van der Waals surface area contributed by atoms with Crippen molar-refractivity contribution >= 4 is 15.9 Å². The molecule has 1 aromatic carbocycles. The van der Waals surface area contributed by atoms with Crippen molar-refractivity contribution < 1.29 is 22.5 Å². The fourth-order valence-electron chi connectivity index (χ4n) is 3.82. The van der Waals surface area contributed by atoms with E-state index >= 15 is 0 Å². The lowest BCUT2D eigenvalue weighted by Crippen LogP contribution is -3.15. The molecule has 0 unspecified atom stereocenters. The van der Waals surface area contributed by atoms with Gasteiger partial charge in [-0.15, -0.1) is 0 Å². The monoisotopic (exact) mass is 398 g/mol. The fourth-order valence-corrected chi connectivity index (χ4v) is 5.29. The number of piperazine rings is 1. The van der Waals surface area contributed by atoms with Crippen molar-refractivity contribution in [3.63, 3.8) is 0 Å². The highest BCUT2D eigenvalue weighted by Gasteiger charge is 2.32. The number of nitrogens with zero attached hydrogens (tertiary/aromatic N) is 2. The molecule has 2 aliphatic heterocycles. The predicted octanol–water partition coefficient (Wildman–Crippen LogP) is 0.508. The van der Waals surface area contributed by atoms with Crippen LogP contribution in [0.25, 0.3) is 0 Å². The molecule has 0 saturated carbocycles. The summed E-state index contributed by atoms with van der Waals surface area (Å²) >= 11 is 0. The zero-order valence-corrected chi connectivity index (χ0v) is 16.5. The van der Waals surface area contributed by atoms with Crippen LogP contribution >= 0.6 is 0 Å². The third-order valence-corrected chi connectivity index (χ3v) is 7.37. The van der Waals surface area contributed by atoms with Crippen LogP contribution in [0.3, 0.4) is 0 Å². The lowest BCUT2D eigenvalue weighted by molar-refractivity contribution is -0.896. The molecule has 3 rings (SSSR count). The van der Waals surface area contributed by atoms with Crippen LogP contribution in [0, 0.1) is 5.82 Å². The van der Waals surface area contributed by atoms with Crippen molar-refractivity contribution in [1.29, 1.82) is 0 Å². The fraction of sp³-hybridized carbons (Fsp3) is 0.632. The minimum Gasteiger partial charge on any atom is -0.338 e. The van der Waals surface area contributed by atoms with Crippen molar-refractivity contribution in [2.45, 2.75) is 37.0 Å². The van der Waals surface area contributed by atoms with Crippen LogP contribution in [0.15, 0.2) is 29.2 Å². The second-order valence-corrected chi connectivity index (χ2v) is 9.37. The zero-order valence-electron chi connectivity index (χ0n) is 15.7. The molecule has 0 aromatic heterocycles. The van der Waals surface area contributed by atoms with Crippen molar-refractivity contribution in [3.05, 3.63) is 30.1 Å². The van der Waals surface area contributed by atoms with E-state index in [2.05, 4.69) is 0 Å². The van der Waals surface area contributed by atoms with Crippen LogP contribution in [0.1, 0.15) is 32.1 Å². The summed E-state index contributed by atoms with van der Waals surface area (Å²) in [5, 5.41) is 0. The number of benzene rings is 1. The molecule has 1 amide bonds. The zero-order chi connectivity index (χ0) is 19.3. The van der Waals surface area contributed by atoms with Gasteiger partial charge in [0.15, 0.2) is 6.54 Å². The highest BCUT2D eigenvalue weighted by Crippen LogP contribution is 2.16. The van der Waals surface area contributed by atoms with E-state index in [0.717, 1.165) is 36.9 Å². The van der Waals surface area contributed by atoms with Gasteiger partial charge in [-0.3, -0.25) is 4.79 Å². The Hall–Kier alpha value is -1.51. The van der Waals surface area contributed by atoms with Gasteiger partial charge < -0.3 is 9.80 Å². The number of halogens is 1. The molecule has 0 aliphatic carbocycles. The van der Waals surface area contributed by atoms with Gasteiger partial charge in [0.05, 0.1) is 31.1 Å². The van der Waals surface area contributed by atoms with Crippen LogP contribution < -0.4 is 4.90 Å². The summed E-state index contributed by atoms with van der Waals surface area (Å²) in [5.74, 6) is -0.382. The SMILES string of the molecule is O=C(C[NH+]1CCN(S(=O)(=O)c2cccc(F)c2)CC1)N1CCCCCCC1. The first-order chi connectivity index (χ1) is 13.0. The number of nitrogens with one attached hydrogen (secondary N) is 1. The smallest absolute Gasteiger partial charge is 0.277 e. The summed E-state index contributed by atoms with van der Waals surface area (Å²) in [4.78, 5) is 15.7. The molecule has 27 heavy (non-hydrogen) atoms. The van der Waals surface area contributed by atoms with E-state index in [-0.39, 0.29) is 10.8 Å². The van der Waals surface area contributed by atoms with E-state index < -0.39 is 15.8 Å². The van der Waals surface area contributed by atoms with Crippen molar-refractivity contribution in [2.24, 2.45) is 0 Å². The largest absolute Gasteiger partial charge is 0.338 e. The van der Waals surface area contributed by atoms with Gasteiger partial charge in [0.2, 0.25) is 10.0 Å². The molecular formula is C19H29FN3O3S+. The quantitative estimate of drug-likeness (QED) is 0.804. The summed E-state index contributed by atoms with van der Waals surface area (Å²) in [6.07, 6.45) is 5.77. The van der Waals surface area contributed by atoms with Crippen LogP contribution in [0.5, 0.6) is 0 Å². The molecule has 2 fully saturated rings. The maximum Gasteiger partial charge on any atom is 0.277 e. The third kappa shape index (κ3) is 5.27. The summed E-state index contributed by atoms with van der Waals surface area (Å²) in [7, 11) is -3.68. The molecule has 0 bridgehead atoms. The summed E-state index contributed by atoms with van der Waals surface area (Å²) in [5.41, 5.74) is 0. The van der Waals surface area contributed by atoms with Gasteiger partial charge in [-0.2, -0.15) is 4.31 Å². The molecule has 150 valence electrons. The molecule has 2 saturated heterocycles. The highest BCUT2D eigenvalue weighted by molar-refractivity contribution is 7.89. The number of hydrogen-bond acceptors (Lipinski definition) is 3. The second kappa shape index (κ2) is 9.12. The van der Waals surface area contributed by atoms with E-state index in [1.54, 1.807) is 0 Å². The van der Waals surface area contributed by atoms with Gasteiger partial charge in [-0.1, -0.05) is 25.3 Å². The number of quaternary nitrogens is 1. The minimum atomic E-state index is -3.68. The minimum absolute atomic E-state index is 0.0114.